The summed E-state index contributed by atoms with van der Waals surface area (Å²) in [5, 5.41) is -0.998. The number of hydrogen-bond acceptors (Lipinski definition) is 1. The molecule has 0 saturated carbocycles. The molecule has 0 radical (unpaired) electrons. The molecule has 0 atom stereocenters. The lowest BCUT2D eigenvalue weighted by Crippen LogP contribution is -2.08. The quantitative estimate of drug-likeness (QED) is 0.719. The van der Waals surface area contributed by atoms with Gasteiger partial charge < -0.3 is 4.74 Å². The van der Waals surface area contributed by atoms with Gasteiger partial charge in [0.05, 0.1) is 10.6 Å². The topological polar surface area (TPSA) is 9.23 Å². The average Bonchev–Trinajstić information content (AvgIpc) is 2.10. The maximum Gasteiger partial charge on any atom is 0.416 e. The van der Waals surface area contributed by atoms with Crippen molar-refractivity contribution in [3.8, 4) is 5.75 Å². The van der Waals surface area contributed by atoms with Gasteiger partial charge in [-0.2, -0.15) is 22.0 Å². The van der Waals surface area contributed by atoms with E-state index in [-0.39, 0.29) is 0 Å². The van der Waals surface area contributed by atoms with E-state index in [9.17, 15) is 22.0 Å². The normalized spacial score (nSPS) is 12.0. The van der Waals surface area contributed by atoms with Crippen molar-refractivity contribution in [2.75, 3.05) is 0 Å². The highest BCUT2D eigenvalue weighted by Gasteiger charge is 2.32. The van der Waals surface area contributed by atoms with Crippen LogP contribution >= 0.6 is 23.2 Å². The Hall–Kier alpha value is -0.750. The average molecular weight is 281 g/mol. The summed E-state index contributed by atoms with van der Waals surface area (Å²) in [6.45, 7) is -3.28. The van der Waals surface area contributed by atoms with Gasteiger partial charge in [-0.25, -0.2) is 0 Å². The van der Waals surface area contributed by atoms with Gasteiger partial charge in [-0.1, -0.05) is 23.2 Å². The Kier molecular flexibility index (Phi) is 3.85. The third kappa shape index (κ3) is 3.12. The van der Waals surface area contributed by atoms with Crippen LogP contribution < -0.4 is 4.74 Å². The standard InChI is InChI=1S/C8H3Cl2F5O/c9-4-1-3(8(13,14)15)2-5(6(4)10)16-7(11)12/h1-2,7H. The van der Waals surface area contributed by atoms with Crippen molar-refractivity contribution >= 4 is 23.2 Å². The van der Waals surface area contributed by atoms with Crippen molar-refractivity contribution in [1.82, 2.24) is 0 Å². The molecule has 16 heavy (non-hydrogen) atoms. The Labute approximate surface area is 96.7 Å². The largest absolute Gasteiger partial charge is 0.433 e. The third-order valence-electron chi connectivity index (χ3n) is 1.54. The molecule has 0 aliphatic heterocycles. The second kappa shape index (κ2) is 4.63. The van der Waals surface area contributed by atoms with Crippen LogP contribution in [0, 0.1) is 0 Å². The number of alkyl halides is 5. The van der Waals surface area contributed by atoms with Crippen LogP contribution in [0.5, 0.6) is 5.75 Å². The SMILES string of the molecule is FC(F)Oc1cc(C(F)(F)F)cc(Cl)c1Cl. The summed E-state index contributed by atoms with van der Waals surface area (Å²) in [5.41, 5.74) is -1.21. The molecule has 8 heteroatoms. The second-order valence-corrected chi connectivity index (χ2v) is 3.43. The first-order valence-corrected chi connectivity index (χ1v) is 4.48. The molecule has 0 fully saturated rings. The third-order valence-corrected chi connectivity index (χ3v) is 2.32. The van der Waals surface area contributed by atoms with Gasteiger partial charge in [0.2, 0.25) is 0 Å². The molecular weight excluding hydrogens is 278 g/mol. The van der Waals surface area contributed by atoms with E-state index in [1.165, 1.54) is 0 Å². The van der Waals surface area contributed by atoms with E-state index in [4.69, 9.17) is 23.2 Å². The number of rotatable bonds is 2. The predicted octanol–water partition coefficient (Wildman–Crippen LogP) is 4.61. The van der Waals surface area contributed by atoms with Gasteiger partial charge in [0, 0.05) is 0 Å². The summed E-state index contributed by atoms with van der Waals surface area (Å²) in [7, 11) is 0. The lowest BCUT2D eigenvalue weighted by molar-refractivity contribution is -0.138. The van der Waals surface area contributed by atoms with E-state index in [0.717, 1.165) is 0 Å². The highest BCUT2D eigenvalue weighted by atomic mass is 35.5. The minimum absolute atomic E-state index is 0.361. The Bertz CT molecular complexity index is 391. The summed E-state index contributed by atoms with van der Waals surface area (Å²) in [5.74, 6) is -0.809. The molecule has 0 saturated heterocycles. The molecule has 1 nitrogen and oxygen atoms in total. The van der Waals surface area contributed by atoms with E-state index in [1.54, 1.807) is 0 Å². The monoisotopic (exact) mass is 280 g/mol. The highest BCUT2D eigenvalue weighted by molar-refractivity contribution is 6.43. The smallest absolute Gasteiger partial charge is 0.416 e. The Morgan fingerprint density at radius 3 is 2.12 bits per heavy atom. The van der Waals surface area contributed by atoms with Crippen LogP contribution in [0.2, 0.25) is 10.0 Å². The van der Waals surface area contributed by atoms with Crippen molar-refractivity contribution in [1.29, 1.82) is 0 Å². The van der Waals surface area contributed by atoms with E-state index in [1.807, 2.05) is 0 Å². The van der Waals surface area contributed by atoms with Gasteiger partial charge in [-0.05, 0) is 12.1 Å². The number of hydrogen-bond donors (Lipinski definition) is 0. The molecule has 0 aromatic heterocycles. The molecule has 90 valence electrons. The lowest BCUT2D eigenvalue weighted by Gasteiger charge is -2.12. The molecule has 0 heterocycles. The van der Waals surface area contributed by atoms with Crippen LogP contribution in [-0.2, 0) is 6.18 Å². The first-order valence-electron chi connectivity index (χ1n) is 3.73. The fraction of sp³-hybridized carbons (Fsp3) is 0.250. The first kappa shape index (κ1) is 13.3. The lowest BCUT2D eigenvalue weighted by atomic mass is 10.2. The molecule has 0 aliphatic rings. The van der Waals surface area contributed by atoms with Crippen molar-refractivity contribution in [2.24, 2.45) is 0 Å². The van der Waals surface area contributed by atoms with Crippen molar-refractivity contribution < 1.29 is 26.7 Å². The molecular formula is C8H3Cl2F5O. The highest BCUT2D eigenvalue weighted by Crippen LogP contribution is 2.39. The van der Waals surface area contributed by atoms with Crippen LogP contribution in [0.3, 0.4) is 0 Å². The zero-order chi connectivity index (χ0) is 12.5. The number of halogens is 7. The fourth-order valence-corrected chi connectivity index (χ4v) is 1.27. The Morgan fingerprint density at radius 1 is 1.12 bits per heavy atom. The van der Waals surface area contributed by atoms with Crippen molar-refractivity contribution in [3.63, 3.8) is 0 Å². The molecule has 0 amide bonds. The number of benzene rings is 1. The van der Waals surface area contributed by atoms with Gasteiger partial charge in [0.25, 0.3) is 0 Å². The maximum absolute atomic E-state index is 12.3. The summed E-state index contributed by atoms with van der Waals surface area (Å²) in [6.07, 6.45) is -4.71. The Balaban J connectivity index is 3.22. The van der Waals surface area contributed by atoms with Gasteiger partial charge in [0.15, 0.2) is 0 Å². The summed E-state index contributed by atoms with van der Waals surface area (Å²) in [4.78, 5) is 0. The van der Waals surface area contributed by atoms with Crippen LogP contribution in [0.4, 0.5) is 22.0 Å². The molecule has 1 rings (SSSR count). The van der Waals surface area contributed by atoms with Gasteiger partial charge in [-0.3, -0.25) is 0 Å². The van der Waals surface area contributed by atoms with Crippen LogP contribution in [-0.4, -0.2) is 6.61 Å². The molecule has 0 N–H and O–H groups in total. The predicted molar refractivity (Wildman–Crippen MR) is 48.1 cm³/mol. The summed E-state index contributed by atoms with van der Waals surface area (Å²) in [6, 6.07) is 0.891. The van der Waals surface area contributed by atoms with E-state index >= 15 is 0 Å². The van der Waals surface area contributed by atoms with Crippen molar-refractivity contribution in [2.45, 2.75) is 12.8 Å². The molecule has 0 unspecified atom stereocenters. The van der Waals surface area contributed by atoms with Crippen LogP contribution in [0.15, 0.2) is 12.1 Å². The minimum atomic E-state index is -4.71. The Morgan fingerprint density at radius 2 is 1.69 bits per heavy atom. The molecule has 1 aromatic carbocycles. The van der Waals surface area contributed by atoms with Gasteiger partial charge in [-0.15, -0.1) is 0 Å². The number of ether oxygens (including phenoxy) is 1. The zero-order valence-corrected chi connectivity index (χ0v) is 8.80. The summed E-state index contributed by atoms with van der Waals surface area (Å²) < 4.78 is 64.3. The zero-order valence-electron chi connectivity index (χ0n) is 7.29. The molecule has 0 spiro atoms. The van der Waals surface area contributed by atoms with Crippen LogP contribution in [0.25, 0.3) is 0 Å². The second-order valence-electron chi connectivity index (χ2n) is 2.65. The van der Waals surface area contributed by atoms with Crippen molar-refractivity contribution in [3.05, 3.63) is 27.7 Å². The van der Waals surface area contributed by atoms with Gasteiger partial charge in [0.1, 0.15) is 10.8 Å². The molecule has 0 bridgehead atoms. The van der Waals surface area contributed by atoms with Gasteiger partial charge >= 0.3 is 12.8 Å². The molecule has 0 aliphatic carbocycles. The van der Waals surface area contributed by atoms with E-state index in [2.05, 4.69) is 4.74 Å². The van der Waals surface area contributed by atoms with E-state index < -0.39 is 34.1 Å². The van der Waals surface area contributed by atoms with Crippen LogP contribution in [0.1, 0.15) is 5.56 Å². The maximum atomic E-state index is 12.3. The summed E-state index contributed by atoms with van der Waals surface area (Å²) >= 11 is 10.8. The molecule has 1 aromatic rings. The van der Waals surface area contributed by atoms with E-state index in [0.29, 0.717) is 12.1 Å². The first-order chi connectivity index (χ1) is 7.21. The minimum Gasteiger partial charge on any atom is -0.433 e. The fourth-order valence-electron chi connectivity index (χ4n) is 0.909.